The van der Waals surface area contributed by atoms with Gasteiger partial charge in [0.1, 0.15) is 0 Å². The van der Waals surface area contributed by atoms with Gasteiger partial charge in [-0.25, -0.2) is 0 Å². The predicted octanol–water partition coefficient (Wildman–Crippen LogP) is 2.95. The third-order valence-electron chi connectivity index (χ3n) is 4.57. The highest BCUT2D eigenvalue weighted by atomic mass is 16.2. The van der Waals surface area contributed by atoms with E-state index in [9.17, 15) is 10.1 Å². The normalized spacial score (nSPS) is 16.3. The number of benzene rings is 1. The second-order valence-electron chi connectivity index (χ2n) is 6.10. The molecule has 0 unspecified atom stereocenters. The van der Waals surface area contributed by atoms with Crippen molar-refractivity contribution < 1.29 is 4.79 Å². The Morgan fingerprint density at radius 2 is 2.17 bits per heavy atom. The highest BCUT2D eigenvalue weighted by molar-refractivity contribution is 5.73. The first-order chi connectivity index (χ1) is 11.1. The molecule has 0 spiro atoms. The number of likely N-dealkylation sites (N-methyl/N-ethyl adjacent to an activating group) is 1. The number of carbonyl (C=O) groups is 1. The molecule has 4 nitrogen and oxygen atoms in total. The van der Waals surface area contributed by atoms with Crippen molar-refractivity contribution in [1.82, 2.24) is 9.80 Å². The number of hydrogen-bond acceptors (Lipinski definition) is 3. The van der Waals surface area contributed by atoms with Crippen LogP contribution in [0.3, 0.4) is 0 Å². The molecule has 1 heterocycles. The van der Waals surface area contributed by atoms with Gasteiger partial charge in [-0.2, -0.15) is 5.26 Å². The number of rotatable bonds is 5. The van der Waals surface area contributed by atoms with Crippen LogP contribution in [0.25, 0.3) is 0 Å². The molecule has 1 aliphatic rings. The quantitative estimate of drug-likeness (QED) is 0.786. The Morgan fingerprint density at radius 3 is 2.83 bits per heavy atom. The summed E-state index contributed by atoms with van der Waals surface area (Å²) in [6, 6.07) is 10.2. The lowest BCUT2D eigenvalue weighted by molar-refractivity contribution is -0.129. The Kier molecular flexibility index (Phi) is 5.95. The Bertz CT molecular complexity index is 630. The minimum atomic E-state index is 0.102. The lowest BCUT2D eigenvalue weighted by Gasteiger charge is -2.35. The molecule has 4 heteroatoms. The van der Waals surface area contributed by atoms with Crippen LogP contribution >= 0.6 is 0 Å². The van der Waals surface area contributed by atoms with Crippen molar-refractivity contribution in [1.29, 1.82) is 5.26 Å². The van der Waals surface area contributed by atoms with Gasteiger partial charge in [-0.05, 0) is 30.0 Å². The molecule has 2 rings (SSSR count). The molecule has 1 aromatic carbocycles. The number of nitrogens with zero attached hydrogens (tertiary/aromatic N) is 3. The SMILES string of the molecule is CC[C@H](C1=CCCN(Cc2ccccc2C#N)C1)N(C)C(C)=O. The maximum Gasteiger partial charge on any atom is 0.219 e. The van der Waals surface area contributed by atoms with Gasteiger partial charge in [-0.3, -0.25) is 9.69 Å². The first kappa shape index (κ1) is 17.2. The van der Waals surface area contributed by atoms with Gasteiger partial charge in [-0.15, -0.1) is 0 Å². The lowest BCUT2D eigenvalue weighted by atomic mass is 9.97. The second kappa shape index (κ2) is 7.94. The molecule has 0 N–H and O–H groups in total. The zero-order valence-corrected chi connectivity index (χ0v) is 14.2. The molecule has 1 aromatic rings. The molecular formula is C19H25N3O. The Balaban J connectivity index is 2.10. The van der Waals surface area contributed by atoms with E-state index in [1.165, 1.54) is 5.57 Å². The molecule has 0 bridgehead atoms. The summed E-state index contributed by atoms with van der Waals surface area (Å²) in [5.74, 6) is 0.102. The van der Waals surface area contributed by atoms with Crippen molar-refractivity contribution in [2.75, 3.05) is 20.1 Å². The number of amides is 1. The molecule has 122 valence electrons. The van der Waals surface area contributed by atoms with E-state index in [2.05, 4.69) is 24.0 Å². The van der Waals surface area contributed by atoms with Crippen molar-refractivity contribution in [3.63, 3.8) is 0 Å². The predicted molar refractivity (Wildman–Crippen MR) is 91.7 cm³/mol. The number of carbonyl (C=O) groups excluding carboxylic acids is 1. The van der Waals surface area contributed by atoms with Crippen molar-refractivity contribution in [3.05, 3.63) is 47.0 Å². The molecule has 0 saturated carbocycles. The lowest BCUT2D eigenvalue weighted by Crippen LogP contribution is -2.41. The van der Waals surface area contributed by atoms with Crippen LogP contribution in [0.1, 0.15) is 37.8 Å². The topological polar surface area (TPSA) is 47.3 Å². The van der Waals surface area contributed by atoms with Crippen LogP contribution in [-0.4, -0.2) is 41.9 Å². The van der Waals surface area contributed by atoms with Crippen LogP contribution < -0.4 is 0 Å². The first-order valence-electron chi connectivity index (χ1n) is 8.19. The molecule has 1 amide bonds. The van der Waals surface area contributed by atoms with Crippen molar-refractivity contribution in [3.8, 4) is 6.07 Å². The summed E-state index contributed by atoms with van der Waals surface area (Å²) in [6.45, 7) is 6.36. The maximum atomic E-state index is 11.7. The van der Waals surface area contributed by atoms with Gasteiger partial charge >= 0.3 is 0 Å². The molecule has 0 aromatic heterocycles. The van der Waals surface area contributed by atoms with Gasteiger partial charge in [0.15, 0.2) is 0 Å². The average Bonchev–Trinajstić information content (AvgIpc) is 2.56. The van der Waals surface area contributed by atoms with Gasteiger partial charge in [0.25, 0.3) is 0 Å². The van der Waals surface area contributed by atoms with E-state index in [4.69, 9.17) is 0 Å². The van der Waals surface area contributed by atoms with Crippen molar-refractivity contribution in [2.24, 2.45) is 0 Å². The smallest absolute Gasteiger partial charge is 0.219 e. The summed E-state index contributed by atoms with van der Waals surface area (Å²) >= 11 is 0. The number of hydrogen-bond donors (Lipinski definition) is 0. The summed E-state index contributed by atoms with van der Waals surface area (Å²) < 4.78 is 0. The molecular weight excluding hydrogens is 286 g/mol. The third kappa shape index (κ3) is 4.20. The van der Waals surface area contributed by atoms with E-state index in [1.54, 1.807) is 6.92 Å². The van der Waals surface area contributed by atoms with Gasteiger partial charge in [0.05, 0.1) is 17.7 Å². The van der Waals surface area contributed by atoms with Crippen LogP contribution in [0.5, 0.6) is 0 Å². The third-order valence-corrected chi connectivity index (χ3v) is 4.57. The Morgan fingerprint density at radius 1 is 1.43 bits per heavy atom. The van der Waals surface area contributed by atoms with Gasteiger partial charge in [0.2, 0.25) is 5.91 Å². The molecule has 0 saturated heterocycles. The summed E-state index contributed by atoms with van der Waals surface area (Å²) in [4.78, 5) is 15.9. The largest absolute Gasteiger partial charge is 0.339 e. The molecule has 1 aliphatic heterocycles. The van der Waals surface area contributed by atoms with Gasteiger partial charge < -0.3 is 4.90 Å². The Hall–Kier alpha value is -2.12. The van der Waals surface area contributed by atoms with E-state index >= 15 is 0 Å². The van der Waals surface area contributed by atoms with Crippen LogP contribution in [0.4, 0.5) is 0 Å². The average molecular weight is 311 g/mol. The second-order valence-corrected chi connectivity index (χ2v) is 6.10. The van der Waals surface area contributed by atoms with Gasteiger partial charge in [0, 0.05) is 33.6 Å². The molecule has 0 aliphatic carbocycles. The highest BCUT2D eigenvalue weighted by Crippen LogP contribution is 2.21. The first-order valence-corrected chi connectivity index (χ1v) is 8.19. The van der Waals surface area contributed by atoms with Gasteiger partial charge in [-0.1, -0.05) is 31.2 Å². The minimum absolute atomic E-state index is 0.102. The molecule has 0 fully saturated rings. The van der Waals surface area contributed by atoms with Crippen molar-refractivity contribution >= 4 is 5.91 Å². The minimum Gasteiger partial charge on any atom is -0.339 e. The molecule has 1 atom stereocenters. The zero-order valence-electron chi connectivity index (χ0n) is 14.2. The van der Waals surface area contributed by atoms with Crippen molar-refractivity contribution in [2.45, 2.75) is 39.3 Å². The van der Waals surface area contributed by atoms with E-state index in [0.717, 1.165) is 43.6 Å². The fourth-order valence-electron chi connectivity index (χ4n) is 3.22. The van der Waals surface area contributed by atoms with Crippen LogP contribution in [0, 0.1) is 11.3 Å². The van der Waals surface area contributed by atoms with E-state index < -0.39 is 0 Å². The van der Waals surface area contributed by atoms with E-state index in [1.807, 2.05) is 36.2 Å². The Labute approximate surface area is 139 Å². The zero-order chi connectivity index (χ0) is 16.8. The maximum absolute atomic E-state index is 11.7. The molecule has 23 heavy (non-hydrogen) atoms. The highest BCUT2D eigenvalue weighted by Gasteiger charge is 2.24. The summed E-state index contributed by atoms with van der Waals surface area (Å²) in [5, 5.41) is 9.24. The fraction of sp³-hybridized carbons (Fsp3) is 0.474. The van der Waals surface area contributed by atoms with E-state index in [0.29, 0.717) is 0 Å². The number of nitriles is 1. The summed E-state index contributed by atoms with van der Waals surface area (Å²) in [6.07, 6.45) is 4.19. The monoisotopic (exact) mass is 311 g/mol. The fourth-order valence-corrected chi connectivity index (χ4v) is 3.22. The van der Waals surface area contributed by atoms with E-state index in [-0.39, 0.29) is 11.9 Å². The summed E-state index contributed by atoms with van der Waals surface area (Å²) in [7, 11) is 1.88. The summed E-state index contributed by atoms with van der Waals surface area (Å²) in [5.41, 5.74) is 3.13. The van der Waals surface area contributed by atoms with Crippen LogP contribution in [0.2, 0.25) is 0 Å². The molecule has 0 radical (unpaired) electrons. The van der Waals surface area contributed by atoms with Crippen LogP contribution in [-0.2, 0) is 11.3 Å². The standard InChI is InChI=1S/C19H25N3O/c1-4-19(21(3)15(2)23)18-10-7-11-22(14-18)13-17-9-6-5-8-16(17)12-20/h5-6,8-10,19H,4,7,11,13-14H2,1-3H3/t19-/m1/s1. The van der Waals surface area contributed by atoms with Crippen LogP contribution in [0.15, 0.2) is 35.9 Å².